The predicted molar refractivity (Wildman–Crippen MR) is 65.8 cm³/mol. The lowest BCUT2D eigenvalue weighted by atomic mass is 10.3. The Morgan fingerprint density at radius 3 is 2.94 bits per heavy atom. The van der Waals surface area contributed by atoms with Crippen LogP contribution in [0.15, 0.2) is 5.16 Å². The SMILES string of the molecule is CC(O)C(C)Sc1nnnn1CCNC1CC1. The van der Waals surface area contributed by atoms with Crippen LogP contribution in [0.4, 0.5) is 0 Å². The Balaban J connectivity index is 1.82. The molecule has 2 unspecified atom stereocenters. The zero-order valence-corrected chi connectivity index (χ0v) is 11.0. The van der Waals surface area contributed by atoms with Gasteiger partial charge >= 0.3 is 0 Å². The molecule has 1 aromatic rings. The minimum Gasteiger partial charge on any atom is -0.392 e. The molecule has 1 heterocycles. The van der Waals surface area contributed by atoms with Crippen molar-refractivity contribution < 1.29 is 5.11 Å². The molecule has 0 saturated heterocycles. The van der Waals surface area contributed by atoms with Crippen LogP contribution in [0.1, 0.15) is 26.7 Å². The van der Waals surface area contributed by atoms with Crippen molar-refractivity contribution in [3.63, 3.8) is 0 Å². The molecule has 0 bridgehead atoms. The number of nitrogens with zero attached hydrogens (tertiary/aromatic N) is 4. The van der Waals surface area contributed by atoms with Gasteiger partial charge in [-0.2, -0.15) is 0 Å². The topological polar surface area (TPSA) is 75.9 Å². The smallest absolute Gasteiger partial charge is 0.209 e. The third-order valence-electron chi connectivity index (χ3n) is 2.80. The molecule has 17 heavy (non-hydrogen) atoms. The fourth-order valence-electron chi connectivity index (χ4n) is 1.35. The highest BCUT2D eigenvalue weighted by molar-refractivity contribution is 7.99. The minimum atomic E-state index is -0.366. The summed E-state index contributed by atoms with van der Waals surface area (Å²) in [5.74, 6) is 0. The van der Waals surface area contributed by atoms with Gasteiger partial charge in [0.15, 0.2) is 0 Å². The molecule has 0 amide bonds. The maximum atomic E-state index is 9.46. The number of aliphatic hydroxyl groups excluding tert-OH is 1. The molecule has 0 spiro atoms. The molecular formula is C10H19N5OS. The van der Waals surface area contributed by atoms with Gasteiger partial charge in [0.25, 0.3) is 0 Å². The van der Waals surface area contributed by atoms with Crippen molar-refractivity contribution in [1.82, 2.24) is 25.5 Å². The summed E-state index contributed by atoms with van der Waals surface area (Å²) in [5.41, 5.74) is 0. The fourth-order valence-corrected chi connectivity index (χ4v) is 2.21. The second-order valence-electron chi connectivity index (χ2n) is 4.48. The first-order valence-electron chi connectivity index (χ1n) is 6.01. The van der Waals surface area contributed by atoms with Crippen LogP contribution in [-0.4, -0.2) is 49.3 Å². The van der Waals surface area contributed by atoms with Crippen molar-refractivity contribution >= 4 is 11.8 Å². The molecule has 0 aromatic carbocycles. The lowest BCUT2D eigenvalue weighted by Gasteiger charge is -2.13. The van der Waals surface area contributed by atoms with Crippen molar-refractivity contribution in [2.24, 2.45) is 0 Å². The van der Waals surface area contributed by atoms with Crippen molar-refractivity contribution in [3.05, 3.63) is 0 Å². The summed E-state index contributed by atoms with van der Waals surface area (Å²) < 4.78 is 1.79. The number of hydrogen-bond acceptors (Lipinski definition) is 6. The maximum absolute atomic E-state index is 9.46. The first-order valence-corrected chi connectivity index (χ1v) is 6.89. The van der Waals surface area contributed by atoms with Gasteiger partial charge in [-0.25, -0.2) is 4.68 Å². The molecule has 2 atom stereocenters. The molecule has 96 valence electrons. The van der Waals surface area contributed by atoms with Gasteiger partial charge in [0.05, 0.1) is 12.6 Å². The Kier molecular flexibility index (Phi) is 4.36. The third-order valence-corrected chi connectivity index (χ3v) is 4.07. The van der Waals surface area contributed by atoms with Gasteiger partial charge in [0.1, 0.15) is 0 Å². The van der Waals surface area contributed by atoms with E-state index in [1.54, 1.807) is 11.6 Å². The van der Waals surface area contributed by atoms with Crippen LogP contribution in [0.25, 0.3) is 0 Å². The summed E-state index contributed by atoms with van der Waals surface area (Å²) in [4.78, 5) is 0. The standard InChI is InChI=1S/C10H19N5OS/c1-7(16)8(2)17-10-12-13-14-15(10)6-5-11-9-3-4-9/h7-9,11,16H,3-6H2,1-2H3. The van der Waals surface area contributed by atoms with E-state index in [0.717, 1.165) is 18.2 Å². The number of tetrazole rings is 1. The molecule has 2 N–H and O–H groups in total. The van der Waals surface area contributed by atoms with Crippen molar-refractivity contribution in [2.45, 2.75) is 55.8 Å². The monoisotopic (exact) mass is 257 g/mol. The molecule has 1 aromatic heterocycles. The highest BCUT2D eigenvalue weighted by Gasteiger charge is 2.20. The molecule has 2 rings (SSSR count). The van der Waals surface area contributed by atoms with Gasteiger partial charge in [0, 0.05) is 17.8 Å². The predicted octanol–water partition coefficient (Wildman–Crippen LogP) is 0.286. The average molecular weight is 257 g/mol. The van der Waals surface area contributed by atoms with Crippen LogP contribution in [0, 0.1) is 0 Å². The van der Waals surface area contributed by atoms with E-state index in [-0.39, 0.29) is 11.4 Å². The van der Waals surface area contributed by atoms with Gasteiger partial charge < -0.3 is 10.4 Å². The van der Waals surface area contributed by atoms with E-state index < -0.39 is 0 Å². The van der Waals surface area contributed by atoms with Gasteiger partial charge in [-0.3, -0.25) is 0 Å². The quantitative estimate of drug-likeness (QED) is 0.684. The van der Waals surface area contributed by atoms with Gasteiger partial charge in [-0.1, -0.05) is 18.7 Å². The van der Waals surface area contributed by atoms with Crippen LogP contribution in [-0.2, 0) is 6.54 Å². The molecule has 1 saturated carbocycles. The van der Waals surface area contributed by atoms with Crippen molar-refractivity contribution in [2.75, 3.05) is 6.54 Å². The van der Waals surface area contributed by atoms with E-state index in [0.29, 0.717) is 6.04 Å². The van der Waals surface area contributed by atoms with Gasteiger partial charge in [-0.05, 0) is 30.2 Å². The van der Waals surface area contributed by atoms with E-state index in [2.05, 4.69) is 20.8 Å². The van der Waals surface area contributed by atoms with Crippen molar-refractivity contribution in [1.29, 1.82) is 0 Å². The number of aliphatic hydroxyl groups is 1. The molecule has 7 heteroatoms. The second-order valence-corrected chi connectivity index (χ2v) is 5.82. The summed E-state index contributed by atoms with van der Waals surface area (Å²) in [7, 11) is 0. The summed E-state index contributed by atoms with van der Waals surface area (Å²) >= 11 is 1.51. The van der Waals surface area contributed by atoms with Crippen molar-refractivity contribution in [3.8, 4) is 0 Å². The normalized spacial score (nSPS) is 19.2. The highest BCUT2D eigenvalue weighted by Crippen LogP contribution is 2.22. The molecule has 6 nitrogen and oxygen atoms in total. The number of aromatic nitrogens is 4. The largest absolute Gasteiger partial charge is 0.392 e. The van der Waals surface area contributed by atoms with Crippen LogP contribution in [0.2, 0.25) is 0 Å². The van der Waals surface area contributed by atoms with Crippen LogP contribution < -0.4 is 5.32 Å². The Bertz CT molecular complexity index is 352. The molecule has 0 radical (unpaired) electrons. The second kappa shape index (κ2) is 5.79. The van der Waals surface area contributed by atoms with Gasteiger partial charge in [-0.15, -0.1) is 5.10 Å². The van der Waals surface area contributed by atoms with Gasteiger partial charge in [0.2, 0.25) is 5.16 Å². The number of nitrogens with one attached hydrogen (secondary N) is 1. The average Bonchev–Trinajstić information content (AvgIpc) is 3.00. The van der Waals surface area contributed by atoms with Crippen LogP contribution in [0.3, 0.4) is 0 Å². The van der Waals surface area contributed by atoms with E-state index >= 15 is 0 Å². The first-order chi connectivity index (χ1) is 8.16. The van der Waals surface area contributed by atoms with E-state index in [1.807, 2.05) is 6.92 Å². The lowest BCUT2D eigenvalue weighted by molar-refractivity contribution is 0.196. The number of thioether (sulfide) groups is 1. The molecular weight excluding hydrogens is 238 g/mol. The first kappa shape index (κ1) is 12.8. The lowest BCUT2D eigenvalue weighted by Crippen LogP contribution is -2.23. The Hall–Kier alpha value is -0.660. The Labute approximate surface area is 105 Å². The maximum Gasteiger partial charge on any atom is 0.209 e. The molecule has 0 aliphatic heterocycles. The minimum absolute atomic E-state index is 0.0936. The van der Waals surface area contributed by atoms with E-state index in [1.165, 1.54) is 24.6 Å². The van der Waals surface area contributed by atoms with Crippen LogP contribution >= 0.6 is 11.8 Å². The zero-order valence-electron chi connectivity index (χ0n) is 10.2. The Morgan fingerprint density at radius 2 is 2.29 bits per heavy atom. The fraction of sp³-hybridized carbons (Fsp3) is 0.900. The molecule has 1 aliphatic rings. The summed E-state index contributed by atoms with van der Waals surface area (Å²) in [6, 6.07) is 0.707. The summed E-state index contributed by atoms with van der Waals surface area (Å²) in [5, 5.41) is 25.4. The number of rotatable bonds is 7. The van der Waals surface area contributed by atoms with E-state index in [9.17, 15) is 5.11 Å². The molecule has 1 aliphatic carbocycles. The summed E-state index contributed by atoms with van der Waals surface area (Å²) in [6.07, 6.45) is 2.21. The van der Waals surface area contributed by atoms with E-state index in [4.69, 9.17) is 0 Å². The zero-order chi connectivity index (χ0) is 12.3. The number of hydrogen-bond donors (Lipinski definition) is 2. The third kappa shape index (κ3) is 3.93. The Morgan fingerprint density at radius 1 is 1.53 bits per heavy atom. The van der Waals surface area contributed by atoms with Crippen LogP contribution in [0.5, 0.6) is 0 Å². The molecule has 1 fully saturated rings. The highest BCUT2D eigenvalue weighted by atomic mass is 32.2. The summed E-state index contributed by atoms with van der Waals surface area (Å²) in [6.45, 7) is 5.42.